The average molecular weight is 437 g/mol. The number of aryl methyl sites for hydroxylation is 1. The molecule has 0 spiro atoms. The van der Waals surface area contributed by atoms with Crippen LogP contribution in [0.15, 0.2) is 66.7 Å². The Balaban J connectivity index is 1.80. The number of halogens is 2. The van der Waals surface area contributed by atoms with Gasteiger partial charge in [0.05, 0.1) is 5.69 Å². The molecular formula is C23H18Cl2N4O. The number of amides is 1. The van der Waals surface area contributed by atoms with Gasteiger partial charge >= 0.3 is 0 Å². The highest BCUT2D eigenvalue weighted by Gasteiger charge is 2.20. The smallest absolute Gasteiger partial charge is 0.295 e. The van der Waals surface area contributed by atoms with Gasteiger partial charge in [0, 0.05) is 21.3 Å². The summed E-state index contributed by atoms with van der Waals surface area (Å²) in [7, 11) is 0. The zero-order valence-electron chi connectivity index (χ0n) is 16.4. The molecule has 0 atom stereocenters. The summed E-state index contributed by atoms with van der Waals surface area (Å²) in [5.74, 6) is 0.179. The van der Waals surface area contributed by atoms with Gasteiger partial charge in [0.2, 0.25) is 5.82 Å². The van der Waals surface area contributed by atoms with Crippen molar-refractivity contribution in [3.8, 4) is 17.1 Å². The minimum atomic E-state index is -0.412. The number of benzene rings is 3. The molecule has 0 fully saturated rings. The Morgan fingerprint density at radius 2 is 1.67 bits per heavy atom. The van der Waals surface area contributed by atoms with Crippen LogP contribution in [-0.2, 0) is 0 Å². The molecule has 0 aliphatic carbocycles. The van der Waals surface area contributed by atoms with Crippen molar-refractivity contribution in [2.75, 3.05) is 5.32 Å². The van der Waals surface area contributed by atoms with E-state index in [1.807, 2.05) is 44.2 Å². The van der Waals surface area contributed by atoms with E-state index in [1.54, 1.807) is 41.1 Å². The van der Waals surface area contributed by atoms with Gasteiger partial charge in [-0.3, -0.25) is 4.79 Å². The number of rotatable bonds is 4. The van der Waals surface area contributed by atoms with Crippen LogP contribution in [0.5, 0.6) is 0 Å². The van der Waals surface area contributed by atoms with Gasteiger partial charge in [-0.05, 0) is 67.4 Å². The fraction of sp³-hybridized carbons (Fsp3) is 0.0870. The number of nitrogens with zero attached hydrogens (tertiary/aromatic N) is 3. The maximum atomic E-state index is 12.8. The van der Waals surface area contributed by atoms with Crippen molar-refractivity contribution < 1.29 is 4.79 Å². The molecule has 0 radical (unpaired) electrons. The summed E-state index contributed by atoms with van der Waals surface area (Å²) >= 11 is 12.1. The molecule has 0 aliphatic heterocycles. The summed E-state index contributed by atoms with van der Waals surface area (Å²) in [5, 5.41) is 8.50. The predicted octanol–water partition coefficient (Wildman–Crippen LogP) is 6.11. The first-order valence-electron chi connectivity index (χ1n) is 9.29. The zero-order valence-corrected chi connectivity index (χ0v) is 17.9. The maximum absolute atomic E-state index is 12.8. The lowest BCUT2D eigenvalue weighted by atomic mass is 10.1. The lowest BCUT2D eigenvalue weighted by Crippen LogP contribution is -2.14. The van der Waals surface area contributed by atoms with Gasteiger partial charge in [0.25, 0.3) is 5.91 Å². The van der Waals surface area contributed by atoms with Gasteiger partial charge in [-0.15, -0.1) is 5.10 Å². The summed E-state index contributed by atoms with van der Waals surface area (Å²) in [6.07, 6.45) is 0. The summed E-state index contributed by atoms with van der Waals surface area (Å²) in [6, 6.07) is 20.1. The van der Waals surface area contributed by atoms with E-state index in [-0.39, 0.29) is 5.82 Å². The molecule has 0 saturated heterocycles. The highest BCUT2D eigenvalue weighted by molar-refractivity contribution is 6.31. The highest BCUT2D eigenvalue weighted by Crippen LogP contribution is 2.26. The second kappa shape index (κ2) is 8.30. The van der Waals surface area contributed by atoms with Crippen LogP contribution in [-0.4, -0.2) is 20.7 Å². The van der Waals surface area contributed by atoms with Crippen molar-refractivity contribution in [3.05, 3.63) is 93.7 Å². The van der Waals surface area contributed by atoms with Crippen LogP contribution in [0.1, 0.15) is 21.7 Å². The number of aromatic nitrogens is 3. The van der Waals surface area contributed by atoms with Gasteiger partial charge in [-0.25, -0.2) is 9.67 Å². The molecule has 5 nitrogen and oxygen atoms in total. The van der Waals surface area contributed by atoms with Crippen molar-refractivity contribution in [2.24, 2.45) is 0 Å². The van der Waals surface area contributed by atoms with E-state index in [4.69, 9.17) is 23.2 Å². The first-order chi connectivity index (χ1) is 14.4. The van der Waals surface area contributed by atoms with Gasteiger partial charge < -0.3 is 5.32 Å². The van der Waals surface area contributed by atoms with Gasteiger partial charge in [-0.2, -0.15) is 0 Å². The molecule has 1 N–H and O–H groups in total. The number of hydrogen-bond donors (Lipinski definition) is 1. The van der Waals surface area contributed by atoms with Crippen LogP contribution < -0.4 is 5.32 Å². The summed E-state index contributed by atoms with van der Waals surface area (Å²) in [4.78, 5) is 17.4. The number of carbonyl (C=O) groups is 1. The van der Waals surface area contributed by atoms with Crippen LogP contribution in [0.4, 0.5) is 5.69 Å². The van der Waals surface area contributed by atoms with E-state index in [0.717, 1.165) is 22.4 Å². The van der Waals surface area contributed by atoms with Crippen molar-refractivity contribution in [1.29, 1.82) is 0 Å². The standard InChI is InChI=1S/C23H18Cl2N4O/c1-14-5-3-8-20(15(14)2)29-22(16-6-4-7-18(25)13-16)27-21(28-29)23(30)26-19-11-9-17(24)10-12-19/h3-13H,1-2H3,(H,26,30). The molecule has 30 heavy (non-hydrogen) atoms. The minimum Gasteiger partial charge on any atom is -0.319 e. The molecule has 4 aromatic rings. The van der Waals surface area contributed by atoms with E-state index in [2.05, 4.69) is 15.4 Å². The molecular weight excluding hydrogens is 419 g/mol. The lowest BCUT2D eigenvalue weighted by molar-refractivity contribution is 0.101. The van der Waals surface area contributed by atoms with Gasteiger partial charge in [0.1, 0.15) is 0 Å². The molecule has 150 valence electrons. The molecule has 0 aliphatic rings. The lowest BCUT2D eigenvalue weighted by Gasteiger charge is -2.11. The normalized spacial score (nSPS) is 10.8. The second-order valence-corrected chi connectivity index (χ2v) is 7.73. The number of anilines is 1. The minimum absolute atomic E-state index is 0.0563. The Hall–Kier alpha value is -3.15. The van der Waals surface area contributed by atoms with Crippen LogP contribution in [0.2, 0.25) is 10.0 Å². The first-order valence-corrected chi connectivity index (χ1v) is 10.0. The quantitative estimate of drug-likeness (QED) is 0.419. The molecule has 0 bridgehead atoms. The molecule has 1 amide bonds. The predicted molar refractivity (Wildman–Crippen MR) is 121 cm³/mol. The molecule has 0 saturated carbocycles. The average Bonchev–Trinajstić information content (AvgIpc) is 3.17. The van der Waals surface area contributed by atoms with Crippen LogP contribution in [0, 0.1) is 13.8 Å². The topological polar surface area (TPSA) is 59.8 Å². The van der Waals surface area contributed by atoms with E-state index < -0.39 is 5.91 Å². The Labute approximate surface area is 184 Å². The summed E-state index contributed by atoms with van der Waals surface area (Å²) in [6.45, 7) is 4.05. The van der Waals surface area contributed by atoms with Crippen molar-refractivity contribution in [2.45, 2.75) is 13.8 Å². The second-order valence-electron chi connectivity index (χ2n) is 6.86. The third kappa shape index (κ3) is 4.08. The van der Waals surface area contributed by atoms with Gasteiger partial charge in [0.15, 0.2) is 5.82 Å². The maximum Gasteiger partial charge on any atom is 0.295 e. The van der Waals surface area contributed by atoms with E-state index in [0.29, 0.717) is 21.6 Å². The number of carbonyl (C=O) groups excluding carboxylic acids is 1. The molecule has 1 aromatic heterocycles. The fourth-order valence-corrected chi connectivity index (χ4v) is 3.39. The van der Waals surface area contributed by atoms with Crippen LogP contribution >= 0.6 is 23.2 Å². The summed E-state index contributed by atoms with van der Waals surface area (Å²) < 4.78 is 1.69. The third-order valence-corrected chi connectivity index (χ3v) is 5.29. The third-order valence-electron chi connectivity index (χ3n) is 4.80. The van der Waals surface area contributed by atoms with E-state index in [9.17, 15) is 4.79 Å². The Bertz CT molecular complexity index is 1230. The van der Waals surface area contributed by atoms with E-state index in [1.165, 1.54) is 0 Å². The Morgan fingerprint density at radius 1 is 0.933 bits per heavy atom. The zero-order chi connectivity index (χ0) is 21.3. The van der Waals surface area contributed by atoms with Crippen LogP contribution in [0.25, 0.3) is 17.1 Å². The number of nitrogens with one attached hydrogen (secondary N) is 1. The van der Waals surface area contributed by atoms with Crippen molar-refractivity contribution >= 4 is 34.8 Å². The molecule has 7 heteroatoms. The molecule has 3 aromatic carbocycles. The number of hydrogen-bond acceptors (Lipinski definition) is 3. The largest absolute Gasteiger partial charge is 0.319 e. The first kappa shape index (κ1) is 20.1. The molecule has 0 unspecified atom stereocenters. The van der Waals surface area contributed by atoms with Gasteiger partial charge in [-0.1, -0.05) is 47.5 Å². The van der Waals surface area contributed by atoms with Crippen LogP contribution in [0.3, 0.4) is 0 Å². The monoisotopic (exact) mass is 436 g/mol. The fourth-order valence-electron chi connectivity index (χ4n) is 3.08. The Kier molecular flexibility index (Phi) is 5.57. The molecule has 4 rings (SSSR count). The van der Waals surface area contributed by atoms with Crippen molar-refractivity contribution in [1.82, 2.24) is 14.8 Å². The highest BCUT2D eigenvalue weighted by atomic mass is 35.5. The van der Waals surface area contributed by atoms with E-state index >= 15 is 0 Å². The Morgan fingerprint density at radius 3 is 2.40 bits per heavy atom. The molecule has 1 heterocycles. The summed E-state index contributed by atoms with van der Waals surface area (Å²) in [5.41, 5.74) is 4.39. The SMILES string of the molecule is Cc1cccc(-n2nc(C(=O)Nc3ccc(Cl)cc3)nc2-c2cccc(Cl)c2)c1C. The van der Waals surface area contributed by atoms with Crippen molar-refractivity contribution in [3.63, 3.8) is 0 Å².